The number of nitrogens with one attached hydrogen (secondary N) is 1. The number of benzene rings is 2. The van der Waals surface area contributed by atoms with Gasteiger partial charge in [0, 0.05) is 17.7 Å². The highest BCUT2D eigenvalue weighted by molar-refractivity contribution is 7.92. The zero-order valence-corrected chi connectivity index (χ0v) is 18.1. The van der Waals surface area contributed by atoms with Crippen LogP contribution in [0.15, 0.2) is 53.4 Å². The Balaban J connectivity index is 2.25. The van der Waals surface area contributed by atoms with Crippen LogP contribution in [0.3, 0.4) is 0 Å². The maximum Gasteiger partial charge on any atom is 0.321 e. The fraction of sp³-hybridized carbons (Fsp3) is 0.333. The minimum Gasteiger partial charge on any atom is -0.465 e. The second-order valence-electron chi connectivity index (χ2n) is 6.77. The number of hydrogen-bond donors (Lipinski definition) is 1. The highest BCUT2D eigenvalue weighted by Gasteiger charge is 2.30. The van der Waals surface area contributed by atoms with Crippen LogP contribution in [-0.2, 0) is 25.8 Å². The number of nitro groups is 1. The average molecular weight is 448 g/mol. The number of carbonyl (C=O) groups is 2. The van der Waals surface area contributed by atoms with Crippen molar-refractivity contribution in [2.24, 2.45) is 0 Å². The minimum atomic E-state index is -4.32. The van der Waals surface area contributed by atoms with Gasteiger partial charge in [-0.1, -0.05) is 37.3 Å². The predicted octanol–water partition coefficient (Wildman–Crippen LogP) is 2.68. The molecule has 0 bridgehead atoms. The number of hydrogen-bond acceptors (Lipinski definition) is 7. The Morgan fingerprint density at radius 3 is 2.39 bits per heavy atom. The molecule has 9 nitrogen and oxygen atoms in total. The van der Waals surface area contributed by atoms with Gasteiger partial charge >= 0.3 is 5.97 Å². The zero-order valence-electron chi connectivity index (χ0n) is 17.2. The van der Waals surface area contributed by atoms with Crippen molar-refractivity contribution in [3.05, 3.63) is 69.8 Å². The molecule has 0 radical (unpaired) electrons. The lowest BCUT2D eigenvalue weighted by atomic mass is 10.0. The van der Waals surface area contributed by atoms with E-state index in [9.17, 15) is 28.1 Å². The number of carbonyl (C=O) groups excluding carboxylic acids is 2. The van der Waals surface area contributed by atoms with Crippen LogP contribution in [-0.4, -0.2) is 43.6 Å². The quantitative estimate of drug-likeness (QED) is 0.336. The van der Waals surface area contributed by atoms with E-state index in [4.69, 9.17) is 0 Å². The van der Waals surface area contributed by atoms with E-state index in [2.05, 4.69) is 10.1 Å². The third-order valence-electron chi connectivity index (χ3n) is 4.52. The first-order valence-corrected chi connectivity index (χ1v) is 11.3. The normalized spacial score (nSPS) is 12.1. The molecule has 0 aromatic heterocycles. The summed E-state index contributed by atoms with van der Waals surface area (Å²) in [6.45, 7) is 3.40. The van der Waals surface area contributed by atoms with E-state index in [-0.39, 0.29) is 18.2 Å². The summed E-state index contributed by atoms with van der Waals surface area (Å²) in [4.78, 5) is 34.1. The number of rotatable bonds is 10. The van der Waals surface area contributed by atoms with Crippen LogP contribution in [0.2, 0.25) is 0 Å². The van der Waals surface area contributed by atoms with Crippen molar-refractivity contribution in [2.45, 2.75) is 37.6 Å². The van der Waals surface area contributed by atoms with Gasteiger partial charge in [0.2, 0.25) is 0 Å². The van der Waals surface area contributed by atoms with Gasteiger partial charge in [-0.2, -0.15) is 0 Å². The van der Waals surface area contributed by atoms with Gasteiger partial charge in [0.25, 0.3) is 11.6 Å². The Labute approximate surface area is 180 Å². The Morgan fingerprint density at radius 2 is 1.81 bits per heavy atom. The number of ether oxygens (including phenoxy) is 1. The first kappa shape index (κ1) is 24.0. The predicted molar refractivity (Wildman–Crippen MR) is 113 cm³/mol. The van der Waals surface area contributed by atoms with Gasteiger partial charge in [-0.25, -0.2) is 8.42 Å². The third kappa shape index (κ3) is 6.61. The number of sulfone groups is 1. The lowest BCUT2D eigenvalue weighted by molar-refractivity contribution is -0.387. The largest absolute Gasteiger partial charge is 0.465 e. The molecular formula is C21H24N2O7S. The number of amides is 1. The van der Waals surface area contributed by atoms with Gasteiger partial charge in [-0.3, -0.25) is 19.7 Å². The molecule has 0 spiro atoms. The smallest absolute Gasteiger partial charge is 0.321 e. The van der Waals surface area contributed by atoms with Gasteiger partial charge in [-0.05, 0) is 37.5 Å². The molecule has 0 aliphatic rings. The maximum absolute atomic E-state index is 12.6. The molecule has 2 rings (SSSR count). The SMILES string of the molecule is CCOC(=O)CS(=O)(=O)c1ccc(C(=O)NC(CC)Cc2ccccc2)cc1[N+](=O)[O-]. The van der Waals surface area contributed by atoms with Crippen LogP contribution in [0.5, 0.6) is 0 Å². The summed E-state index contributed by atoms with van der Waals surface area (Å²) in [6, 6.07) is 12.4. The molecule has 1 unspecified atom stereocenters. The summed E-state index contributed by atoms with van der Waals surface area (Å²) < 4.78 is 29.5. The molecule has 1 N–H and O–H groups in total. The minimum absolute atomic E-state index is 0.0167. The fourth-order valence-corrected chi connectivity index (χ4v) is 4.24. The van der Waals surface area contributed by atoms with Gasteiger partial charge in [-0.15, -0.1) is 0 Å². The molecule has 0 aliphatic heterocycles. The molecule has 166 valence electrons. The lowest BCUT2D eigenvalue weighted by Crippen LogP contribution is -2.36. The van der Waals surface area contributed by atoms with Crippen molar-refractivity contribution in [2.75, 3.05) is 12.4 Å². The van der Waals surface area contributed by atoms with Crippen LogP contribution >= 0.6 is 0 Å². The summed E-state index contributed by atoms with van der Waals surface area (Å²) >= 11 is 0. The molecule has 2 aromatic carbocycles. The molecule has 2 aromatic rings. The Morgan fingerprint density at radius 1 is 1.13 bits per heavy atom. The first-order valence-electron chi connectivity index (χ1n) is 9.69. The monoisotopic (exact) mass is 448 g/mol. The molecule has 0 fully saturated rings. The van der Waals surface area contributed by atoms with Gasteiger partial charge in [0.05, 0.1) is 11.5 Å². The molecule has 0 heterocycles. The first-order chi connectivity index (χ1) is 14.7. The molecule has 1 amide bonds. The number of esters is 1. The molecule has 1 atom stereocenters. The van der Waals surface area contributed by atoms with Crippen LogP contribution in [0.25, 0.3) is 0 Å². The third-order valence-corrected chi connectivity index (χ3v) is 6.15. The second kappa shape index (κ2) is 10.7. The standard InChI is InChI=1S/C21H24N2O7S/c1-3-17(12-15-8-6-5-7-9-15)22-21(25)16-10-11-19(18(13-16)23(26)27)31(28,29)14-20(24)30-4-2/h5-11,13,17H,3-4,12,14H2,1-2H3,(H,22,25). The molecule has 0 aliphatic carbocycles. The Hall–Kier alpha value is -3.27. The van der Waals surface area contributed by atoms with Crippen LogP contribution in [0.4, 0.5) is 5.69 Å². The summed E-state index contributed by atoms with van der Waals surface area (Å²) in [7, 11) is -4.32. The van der Waals surface area contributed by atoms with Crippen LogP contribution in [0.1, 0.15) is 36.2 Å². The van der Waals surface area contributed by atoms with Crippen molar-refractivity contribution in [1.82, 2.24) is 5.32 Å². The molecule has 31 heavy (non-hydrogen) atoms. The summed E-state index contributed by atoms with van der Waals surface area (Å²) in [6.07, 6.45) is 1.21. The van der Waals surface area contributed by atoms with E-state index < -0.39 is 43.0 Å². The van der Waals surface area contributed by atoms with Gasteiger partial charge in [0.1, 0.15) is 4.90 Å². The summed E-state index contributed by atoms with van der Waals surface area (Å²) in [5, 5.41) is 14.3. The summed E-state index contributed by atoms with van der Waals surface area (Å²) in [5.41, 5.74) is 0.211. The highest BCUT2D eigenvalue weighted by atomic mass is 32.2. The molecule has 10 heteroatoms. The topological polar surface area (TPSA) is 133 Å². The van der Waals surface area contributed by atoms with E-state index in [1.54, 1.807) is 0 Å². The molecule has 0 saturated carbocycles. The summed E-state index contributed by atoms with van der Waals surface area (Å²) in [5.74, 6) is -2.59. The van der Waals surface area contributed by atoms with E-state index in [0.29, 0.717) is 12.8 Å². The second-order valence-corrected chi connectivity index (χ2v) is 8.73. The van der Waals surface area contributed by atoms with Gasteiger partial charge in [0.15, 0.2) is 15.6 Å². The molecular weight excluding hydrogens is 424 g/mol. The van der Waals surface area contributed by atoms with Crippen molar-refractivity contribution >= 4 is 27.4 Å². The lowest BCUT2D eigenvalue weighted by Gasteiger charge is -2.17. The van der Waals surface area contributed by atoms with Crippen LogP contribution in [0, 0.1) is 10.1 Å². The van der Waals surface area contributed by atoms with Crippen molar-refractivity contribution < 1.29 is 27.7 Å². The van der Waals surface area contributed by atoms with E-state index in [1.807, 2.05) is 37.3 Å². The van der Waals surface area contributed by atoms with Crippen LogP contribution < -0.4 is 5.32 Å². The van der Waals surface area contributed by atoms with Crippen molar-refractivity contribution in [3.8, 4) is 0 Å². The average Bonchev–Trinajstić information content (AvgIpc) is 2.73. The van der Waals surface area contributed by atoms with Crippen molar-refractivity contribution in [1.29, 1.82) is 0 Å². The Bertz CT molecular complexity index is 1050. The number of nitrogens with zero attached hydrogens (tertiary/aromatic N) is 1. The zero-order chi connectivity index (χ0) is 23.0. The van der Waals surface area contributed by atoms with E-state index >= 15 is 0 Å². The Kier molecular flexibility index (Phi) is 8.26. The van der Waals surface area contributed by atoms with Gasteiger partial charge < -0.3 is 10.1 Å². The van der Waals surface area contributed by atoms with E-state index in [0.717, 1.165) is 17.7 Å². The maximum atomic E-state index is 12.6. The highest BCUT2D eigenvalue weighted by Crippen LogP contribution is 2.26. The van der Waals surface area contributed by atoms with E-state index in [1.165, 1.54) is 13.0 Å². The number of nitro benzene ring substituents is 1. The molecule has 0 saturated heterocycles. The van der Waals surface area contributed by atoms with Crippen molar-refractivity contribution in [3.63, 3.8) is 0 Å². The fourth-order valence-electron chi connectivity index (χ4n) is 2.96.